The van der Waals surface area contributed by atoms with Gasteiger partial charge < -0.3 is 4.74 Å². The topological polar surface area (TPSA) is 55.4 Å². The van der Waals surface area contributed by atoms with Crippen LogP contribution in [0.15, 0.2) is 77.7 Å². The molecule has 3 rings (SSSR count). The molecule has 0 unspecified atom stereocenters. The molecule has 3 aromatic carbocycles. The Bertz CT molecular complexity index is 1000. The first-order valence-electron chi connectivity index (χ1n) is 8.45. The van der Waals surface area contributed by atoms with Crippen molar-refractivity contribution in [1.82, 2.24) is 4.72 Å². The summed E-state index contributed by atoms with van der Waals surface area (Å²) in [6.45, 7) is 2.43. The maximum absolute atomic E-state index is 12.5. The van der Waals surface area contributed by atoms with Gasteiger partial charge in [0.2, 0.25) is 10.0 Å². The van der Waals surface area contributed by atoms with E-state index in [-0.39, 0.29) is 11.4 Å². The minimum atomic E-state index is -3.58. The van der Waals surface area contributed by atoms with Crippen molar-refractivity contribution in [3.8, 4) is 5.75 Å². The zero-order valence-corrected chi connectivity index (χ0v) is 16.4. The van der Waals surface area contributed by atoms with Crippen LogP contribution >= 0.6 is 11.6 Å². The van der Waals surface area contributed by atoms with E-state index in [1.54, 1.807) is 24.3 Å². The number of benzene rings is 3. The molecule has 0 aromatic heterocycles. The van der Waals surface area contributed by atoms with E-state index in [0.717, 1.165) is 16.7 Å². The highest BCUT2D eigenvalue weighted by Crippen LogP contribution is 2.21. The van der Waals surface area contributed by atoms with Gasteiger partial charge >= 0.3 is 0 Å². The second-order valence-electron chi connectivity index (χ2n) is 6.16. The molecule has 0 heterocycles. The smallest absolute Gasteiger partial charge is 0.240 e. The highest BCUT2D eigenvalue weighted by molar-refractivity contribution is 7.89. The summed E-state index contributed by atoms with van der Waals surface area (Å²) in [5, 5.41) is 0.671. The first-order valence-corrected chi connectivity index (χ1v) is 10.3. The lowest BCUT2D eigenvalue weighted by Gasteiger charge is -2.13. The van der Waals surface area contributed by atoms with Crippen LogP contribution in [0.2, 0.25) is 5.02 Å². The van der Waals surface area contributed by atoms with Gasteiger partial charge in [0, 0.05) is 17.1 Å². The van der Waals surface area contributed by atoms with Crippen LogP contribution in [0.4, 0.5) is 0 Å². The second-order valence-corrected chi connectivity index (χ2v) is 8.36. The van der Waals surface area contributed by atoms with Gasteiger partial charge in [-0.15, -0.1) is 0 Å². The quantitative estimate of drug-likeness (QED) is 0.624. The summed E-state index contributed by atoms with van der Waals surface area (Å²) in [5.41, 5.74) is 2.76. The molecular weight excluding hydrogens is 382 g/mol. The fraction of sp³-hybridized carbons (Fsp3) is 0.143. The van der Waals surface area contributed by atoms with E-state index in [0.29, 0.717) is 17.4 Å². The van der Waals surface area contributed by atoms with Crippen LogP contribution in [0, 0.1) is 6.92 Å². The number of hydrogen-bond acceptors (Lipinski definition) is 3. The molecule has 0 aliphatic rings. The number of nitrogens with one attached hydrogen (secondary N) is 1. The Morgan fingerprint density at radius 2 is 1.59 bits per heavy atom. The summed E-state index contributed by atoms with van der Waals surface area (Å²) in [7, 11) is -3.58. The van der Waals surface area contributed by atoms with Crippen molar-refractivity contribution in [3.63, 3.8) is 0 Å². The molecule has 0 aliphatic heterocycles. The van der Waals surface area contributed by atoms with Crippen LogP contribution in [0.3, 0.4) is 0 Å². The van der Waals surface area contributed by atoms with E-state index < -0.39 is 10.0 Å². The van der Waals surface area contributed by atoms with E-state index in [2.05, 4.69) is 4.72 Å². The van der Waals surface area contributed by atoms with E-state index >= 15 is 0 Å². The zero-order valence-electron chi connectivity index (χ0n) is 14.9. The van der Waals surface area contributed by atoms with Gasteiger partial charge in [0.1, 0.15) is 12.4 Å². The summed E-state index contributed by atoms with van der Waals surface area (Å²) < 4.78 is 33.5. The predicted molar refractivity (Wildman–Crippen MR) is 107 cm³/mol. The van der Waals surface area contributed by atoms with E-state index in [1.807, 2.05) is 55.5 Å². The fourth-order valence-corrected chi connectivity index (χ4v) is 3.64. The minimum absolute atomic E-state index is 0.146. The number of rotatable bonds is 7. The lowest BCUT2D eigenvalue weighted by atomic mass is 10.2. The van der Waals surface area contributed by atoms with Crippen LogP contribution in [0.1, 0.15) is 16.7 Å². The lowest BCUT2D eigenvalue weighted by Crippen LogP contribution is -2.23. The van der Waals surface area contributed by atoms with Crippen LogP contribution < -0.4 is 9.46 Å². The van der Waals surface area contributed by atoms with Gasteiger partial charge in [-0.2, -0.15) is 0 Å². The average Bonchev–Trinajstić information content (AvgIpc) is 2.67. The number of aryl methyl sites for hydroxylation is 1. The Morgan fingerprint density at radius 3 is 2.30 bits per heavy atom. The van der Waals surface area contributed by atoms with Gasteiger partial charge in [-0.1, -0.05) is 59.6 Å². The minimum Gasteiger partial charge on any atom is -0.489 e. The summed E-state index contributed by atoms with van der Waals surface area (Å²) in [6.07, 6.45) is 0. The maximum atomic E-state index is 12.5. The van der Waals surface area contributed by atoms with Crippen molar-refractivity contribution >= 4 is 21.6 Å². The van der Waals surface area contributed by atoms with E-state index in [1.165, 1.54) is 0 Å². The van der Waals surface area contributed by atoms with Crippen molar-refractivity contribution in [1.29, 1.82) is 0 Å². The molecular formula is C21H20ClNO3S. The number of para-hydroxylation sites is 1. The average molecular weight is 402 g/mol. The molecule has 1 N–H and O–H groups in total. The van der Waals surface area contributed by atoms with Crippen molar-refractivity contribution in [2.75, 3.05) is 0 Å². The molecule has 0 saturated heterocycles. The van der Waals surface area contributed by atoms with E-state index in [4.69, 9.17) is 16.3 Å². The SMILES string of the molecule is Cc1ccc(S(=O)(=O)NCc2ccccc2OCc2ccc(Cl)cc2)cc1. The molecule has 0 atom stereocenters. The molecule has 0 spiro atoms. The fourth-order valence-electron chi connectivity index (χ4n) is 2.51. The highest BCUT2D eigenvalue weighted by atomic mass is 35.5. The largest absolute Gasteiger partial charge is 0.489 e. The van der Waals surface area contributed by atoms with Crippen molar-refractivity contribution in [2.24, 2.45) is 0 Å². The first kappa shape index (κ1) is 19.4. The normalized spacial score (nSPS) is 11.3. The molecule has 4 nitrogen and oxygen atoms in total. The Hall–Kier alpha value is -2.34. The van der Waals surface area contributed by atoms with Crippen molar-refractivity contribution < 1.29 is 13.2 Å². The number of hydrogen-bond donors (Lipinski definition) is 1. The van der Waals surface area contributed by atoms with Crippen molar-refractivity contribution in [3.05, 3.63) is 94.5 Å². The predicted octanol–water partition coefficient (Wildman–Crippen LogP) is 4.71. The lowest BCUT2D eigenvalue weighted by molar-refractivity contribution is 0.302. The summed E-state index contributed by atoms with van der Waals surface area (Å²) >= 11 is 5.89. The molecule has 0 aliphatic carbocycles. The number of halogens is 1. The second kappa shape index (κ2) is 8.57. The zero-order chi connectivity index (χ0) is 19.3. The Labute approximate surface area is 164 Å². The van der Waals surface area contributed by atoms with Gasteiger partial charge in [-0.05, 0) is 42.8 Å². The summed E-state index contributed by atoms with van der Waals surface area (Å²) in [4.78, 5) is 0.243. The van der Waals surface area contributed by atoms with Gasteiger partial charge in [0.25, 0.3) is 0 Å². The monoisotopic (exact) mass is 401 g/mol. The van der Waals surface area contributed by atoms with Gasteiger partial charge in [0.15, 0.2) is 0 Å². The Kier molecular flexibility index (Phi) is 6.16. The molecule has 0 radical (unpaired) electrons. The van der Waals surface area contributed by atoms with Crippen molar-refractivity contribution in [2.45, 2.75) is 25.0 Å². The van der Waals surface area contributed by atoms with Gasteiger partial charge in [-0.3, -0.25) is 0 Å². The summed E-state index contributed by atoms with van der Waals surface area (Å²) in [6, 6.07) is 21.5. The third-order valence-electron chi connectivity index (χ3n) is 4.06. The molecule has 0 fully saturated rings. The van der Waals surface area contributed by atoms with Crippen LogP contribution in [-0.4, -0.2) is 8.42 Å². The number of ether oxygens (including phenoxy) is 1. The Balaban J connectivity index is 1.68. The van der Waals surface area contributed by atoms with Crippen LogP contribution in [0.25, 0.3) is 0 Å². The summed E-state index contributed by atoms with van der Waals surface area (Å²) in [5.74, 6) is 0.638. The van der Waals surface area contributed by atoms with E-state index in [9.17, 15) is 8.42 Å². The number of sulfonamides is 1. The standard InChI is InChI=1S/C21H20ClNO3S/c1-16-6-12-20(13-7-16)27(24,25)23-14-18-4-2-3-5-21(18)26-15-17-8-10-19(22)11-9-17/h2-13,23H,14-15H2,1H3. The molecule has 27 heavy (non-hydrogen) atoms. The van der Waals surface area contributed by atoms with Crippen LogP contribution in [0.5, 0.6) is 5.75 Å². The third kappa shape index (κ3) is 5.32. The molecule has 140 valence electrons. The maximum Gasteiger partial charge on any atom is 0.240 e. The molecule has 0 amide bonds. The van der Waals surface area contributed by atoms with Gasteiger partial charge in [0.05, 0.1) is 4.90 Å². The van der Waals surface area contributed by atoms with Gasteiger partial charge in [-0.25, -0.2) is 13.1 Å². The molecule has 0 saturated carbocycles. The Morgan fingerprint density at radius 1 is 0.926 bits per heavy atom. The molecule has 0 bridgehead atoms. The first-order chi connectivity index (χ1) is 12.9. The highest BCUT2D eigenvalue weighted by Gasteiger charge is 2.14. The molecule has 3 aromatic rings. The third-order valence-corrected chi connectivity index (χ3v) is 5.73. The molecule has 6 heteroatoms. The van der Waals surface area contributed by atoms with Crippen LogP contribution in [-0.2, 0) is 23.2 Å².